The second kappa shape index (κ2) is 15.9. The maximum absolute atomic E-state index is 13.7. The summed E-state index contributed by atoms with van der Waals surface area (Å²) < 4.78 is 16.0. The van der Waals surface area contributed by atoms with Crippen molar-refractivity contribution >= 4 is 29.0 Å². The molecule has 8 nitrogen and oxygen atoms in total. The molecule has 216 valence electrons. The first kappa shape index (κ1) is 31.0. The van der Waals surface area contributed by atoms with Crippen molar-refractivity contribution in [2.45, 2.75) is 39.7 Å². The molecule has 0 aliphatic heterocycles. The third-order valence-corrected chi connectivity index (χ3v) is 7.58. The highest BCUT2D eigenvalue weighted by atomic mass is 32.1. The largest absolute Gasteiger partial charge is 0.493 e. The molecule has 0 bridgehead atoms. The molecule has 1 aromatic heterocycles. The number of anilines is 1. The molecule has 0 atom stereocenters. The van der Waals surface area contributed by atoms with Crippen molar-refractivity contribution in [2.75, 3.05) is 52.9 Å². The van der Waals surface area contributed by atoms with Crippen molar-refractivity contribution in [3.8, 4) is 11.5 Å². The van der Waals surface area contributed by atoms with Gasteiger partial charge in [0, 0.05) is 42.2 Å². The molecule has 0 fully saturated rings. The summed E-state index contributed by atoms with van der Waals surface area (Å²) in [5.41, 5.74) is 2.88. The summed E-state index contributed by atoms with van der Waals surface area (Å²) in [6.45, 7) is 5.98. The maximum Gasteiger partial charge on any atom is 0.322 e. The summed E-state index contributed by atoms with van der Waals surface area (Å²) >= 11 is 1.67. The predicted molar refractivity (Wildman–Crippen MR) is 161 cm³/mol. The minimum absolute atomic E-state index is 0.0285. The Hall–Kier alpha value is -3.56. The highest BCUT2D eigenvalue weighted by molar-refractivity contribution is 7.11. The van der Waals surface area contributed by atoms with E-state index >= 15 is 0 Å². The average Bonchev–Trinajstić information content (AvgIpc) is 3.38. The number of nitrogens with zero attached hydrogens (tertiary/aromatic N) is 2. The van der Waals surface area contributed by atoms with Crippen molar-refractivity contribution in [3.05, 3.63) is 75.5 Å². The molecular weight excluding hydrogens is 526 g/mol. The lowest BCUT2D eigenvalue weighted by atomic mass is 10.1. The Bertz CT molecular complexity index is 1250. The van der Waals surface area contributed by atoms with Crippen LogP contribution in [0.5, 0.6) is 11.5 Å². The normalized spacial score (nSPS) is 10.7. The van der Waals surface area contributed by atoms with Gasteiger partial charge in [0.2, 0.25) is 5.91 Å². The number of thiophene rings is 1. The number of carbonyl (C=O) groups is 2. The molecule has 0 aliphatic carbocycles. The van der Waals surface area contributed by atoms with Crippen LogP contribution >= 0.6 is 11.3 Å². The van der Waals surface area contributed by atoms with E-state index in [4.69, 9.17) is 14.2 Å². The van der Waals surface area contributed by atoms with Gasteiger partial charge in [-0.3, -0.25) is 4.79 Å². The van der Waals surface area contributed by atoms with Gasteiger partial charge in [-0.1, -0.05) is 25.1 Å². The number of hydrogen-bond donors (Lipinski definition) is 1. The average molecular weight is 568 g/mol. The minimum Gasteiger partial charge on any atom is -0.493 e. The van der Waals surface area contributed by atoms with Gasteiger partial charge < -0.3 is 29.3 Å². The number of urea groups is 1. The highest BCUT2D eigenvalue weighted by Gasteiger charge is 2.22. The Labute approximate surface area is 241 Å². The van der Waals surface area contributed by atoms with E-state index in [0.29, 0.717) is 56.3 Å². The van der Waals surface area contributed by atoms with Crippen molar-refractivity contribution in [3.63, 3.8) is 0 Å². The van der Waals surface area contributed by atoms with E-state index in [0.717, 1.165) is 22.4 Å². The van der Waals surface area contributed by atoms with Crippen LogP contribution in [0.25, 0.3) is 0 Å². The molecule has 0 aliphatic rings. The van der Waals surface area contributed by atoms with Crippen LogP contribution in [-0.2, 0) is 28.9 Å². The molecule has 0 saturated carbocycles. The van der Waals surface area contributed by atoms with Crippen LogP contribution in [0.4, 0.5) is 10.5 Å². The van der Waals surface area contributed by atoms with E-state index in [-0.39, 0.29) is 18.5 Å². The summed E-state index contributed by atoms with van der Waals surface area (Å²) in [6, 6.07) is 17.4. The third-order valence-electron chi connectivity index (χ3n) is 6.59. The summed E-state index contributed by atoms with van der Waals surface area (Å²) in [5.74, 6) is 1.21. The van der Waals surface area contributed by atoms with Crippen molar-refractivity contribution in [2.24, 2.45) is 0 Å². The first-order valence-electron chi connectivity index (χ1n) is 13.5. The van der Waals surface area contributed by atoms with Crippen LogP contribution < -0.4 is 14.8 Å². The van der Waals surface area contributed by atoms with Gasteiger partial charge in [-0.2, -0.15) is 0 Å². The number of rotatable bonds is 15. The second-order valence-electron chi connectivity index (χ2n) is 9.52. The molecule has 1 heterocycles. The van der Waals surface area contributed by atoms with Gasteiger partial charge >= 0.3 is 6.03 Å². The first-order valence-corrected chi connectivity index (χ1v) is 14.4. The smallest absolute Gasteiger partial charge is 0.322 e. The van der Waals surface area contributed by atoms with Gasteiger partial charge in [0.25, 0.3) is 0 Å². The SMILES string of the molecule is CCc1cccc(NC(=O)N(CCCOC)CC(=O)N(CCc2ccc(OC)c(OC)c2)Cc2ccc(C)s2)c1. The lowest BCUT2D eigenvalue weighted by Crippen LogP contribution is -2.45. The molecule has 1 N–H and O–H groups in total. The van der Waals surface area contributed by atoms with Gasteiger partial charge in [-0.25, -0.2) is 4.79 Å². The summed E-state index contributed by atoms with van der Waals surface area (Å²) in [7, 11) is 4.85. The Morgan fingerprint density at radius 3 is 2.38 bits per heavy atom. The number of hydrogen-bond acceptors (Lipinski definition) is 6. The summed E-state index contributed by atoms with van der Waals surface area (Å²) in [6.07, 6.45) is 2.13. The summed E-state index contributed by atoms with van der Waals surface area (Å²) in [4.78, 5) is 32.7. The molecule has 3 rings (SSSR count). The zero-order valence-electron chi connectivity index (χ0n) is 24.2. The lowest BCUT2D eigenvalue weighted by Gasteiger charge is -2.28. The number of nitrogens with one attached hydrogen (secondary N) is 1. The van der Waals surface area contributed by atoms with Crippen LogP contribution in [0, 0.1) is 6.92 Å². The fourth-order valence-electron chi connectivity index (χ4n) is 4.34. The molecule has 0 saturated heterocycles. The molecule has 3 aromatic rings. The monoisotopic (exact) mass is 567 g/mol. The Morgan fingerprint density at radius 2 is 1.70 bits per heavy atom. The van der Waals surface area contributed by atoms with Crippen LogP contribution in [-0.4, -0.2) is 69.3 Å². The topological polar surface area (TPSA) is 80.3 Å². The Morgan fingerprint density at radius 1 is 0.900 bits per heavy atom. The number of methoxy groups -OCH3 is 3. The number of carbonyl (C=O) groups excluding carboxylic acids is 2. The fourth-order valence-corrected chi connectivity index (χ4v) is 5.24. The van der Waals surface area contributed by atoms with E-state index in [1.165, 1.54) is 4.88 Å². The van der Waals surface area contributed by atoms with Crippen LogP contribution in [0.3, 0.4) is 0 Å². The van der Waals surface area contributed by atoms with E-state index < -0.39 is 0 Å². The molecule has 40 heavy (non-hydrogen) atoms. The second-order valence-corrected chi connectivity index (χ2v) is 10.9. The molecule has 3 amide bonds. The molecule has 0 radical (unpaired) electrons. The van der Waals surface area contributed by atoms with E-state index in [1.54, 1.807) is 37.6 Å². The van der Waals surface area contributed by atoms with E-state index in [2.05, 4.69) is 31.3 Å². The molecule has 2 aromatic carbocycles. The molecule has 0 spiro atoms. The first-order chi connectivity index (χ1) is 19.4. The minimum atomic E-state index is -0.301. The van der Waals surface area contributed by atoms with E-state index in [9.17, 15) is 9.59 Å². The number of benzene rings is 2. The highest BCUT2D eigenvalue weighted by Crippen LogP contribution is 2.28. The molecular formula is C31H41N3O5S. The fraction of sp³-hybridized carbons (Fsp3) is 0.419. The van der Waals surface area contributed by atoms with Crippen LogP contribution in [0.1, 0.15) is 34.2 Å². The molecule has 0 unspecified atom stereocenters. The number of amides is 3. The van der Waals surface area contributed by atoms with Crippen molar-refractivity contribution in [1.82, 2.24) is 9.80 Å². The van der Waals surface area contributed by atoms with Crippen LogP contribution in [0.15, 0.2) is 54.6 Å². The maximum atomic E-state index is 13.7. The van der Waals surface area contributed by atoms with Crippen molar-refractivity contribution < 1.29 is 23.8 Å². The predicted octanol–water partition coefficient (Wildman–Crippen LogP) is 5.78. The van der Waals surface area contributed by atoms with Crippen LogP contribution in [0.2, 0.25) is 0 Å². The van der Waals surface area contributed by atoms with Gasteiger partial charge in [-0.05, 0) is 73.7 Å². The summed E-state index contributed by atoms with van der Waals surface area (Å²) in [5, 5.41) is 2.97. The molecule has 9 heteroatoms. The zero-order valence-corrected chi connectivity index (χ0v) is 25.0. The Balaban J connectivity index is 1.76. The zero-order chi connectivity index (χ0) is 28.9. The Kier molecular flexibility index (Phi) is 12.3. The quantitative estimate of drug-likeness (QED) is 0.236. The third kappa shape index (κ3) is 9.27. The lowest BCUT2D eigenvalue weighted by molar-refractivity contribution is -0.132. The van der Waals surface area contributed by atoms with Gasteiger partial charge in [0.1, 0.15) is 6.54 Å². The van der Waals surface area contributed by atoms with Gasteiger partial charge in [0.05, 0.1) is 20.8 Å². The van der Waals surface area contributed by atoms with Gasteiger partial charge in [-0.15, -0.1) is 11.3 Å². The number of ether oxygens (including phenoxy) is 3. The van der Waals surface area contributed by atoms with Gasteiger partial charge in [0.15, 0.2) is 11.5 Å². The number of aryl methyl sites for hydroxylation is 2. The standard InChI is InChI=1S/C31H41N3O5S/c1-6-24-9-7-10-26(19-24)32-31(36)34(16-8-18-37-3)22-30(35)33(21-27-13-11-23(2)40-27)17-15-25-12-14-28(38-4)29(20-25)39-5/h7,9-14,19-20H,6,8,15-18,21-22H2,1-5H3,(H,32,36). The van der Waals surface area contributed by atoms with E-state index in [1.807, 2.05) is 47.4 Å². The van der Waals surface area contributed by atoms with Crippen molar-refractivity contribution in [1.29, 1.82) is 0 Å².